The summed E-state index contributed by atoms with van der Waals surface area (Å²) in [5, 5.41) is 19.2. The van der Waals surface area contributed by atoms with Crippen molar-refractivity contribution in [1.29, 1.82) is 0 Å². The van der Waals surface area contributed by atoms with E-state index in [4.69, 9.17) is 4.74 Å². The number of ether oxygens (including phenoxy) is 1. The quantitative estimate of drug-likeness (QED) is 0.861. The average molecular weight is 258 g/mol. The van der Waals surface area contributed by atoms with Gasteiger partial charge in [0.25, 0.3) is 0 Å². The van der Waals surface area contributed by atoms with Crippen LogP contribution in [-0.2, 0) is 13.0 Å². The zero-order valence-electron chi connectivity index (χ0n) is 11.0. The molecule has 0 aliphatic heterocycles. The second kappa shape index (κ2) is 6.25. The van der Waals surface area contributed by atoms with Crippen molar-refractivity contribution in [2.24, 2.45) is 0 Å². The van der Waals surface area contributed by atoms with E-state index < -0.39 is 0 Å². The summed E-state index contributed by atoms with van der Waals surface area (Å²) in [6, 6.07) is 12.8. The molecule has 0 atom stereocenters. The molecule has 0 bridgehead atoms. The Morgan fingerprint density at radius 1 is 1.11 bits per heavy atom. The summed E-state index contributed by atoms with van der Waals surface area (Å²) in [5.74, 6) is 1.23. The molecule has 0 fully saturated rings. The lowest BCUT2D eigenvalue weighted by atomic mass is 10.0. The number of rotatable bonds is 5. The molecule has 0 aromatic heterocycles. The Balaban J connectivity index is 2.37. The van der Waals surface area contributed by atoms with Crippen molar-refractivity contribution >= 4 is 0 Å². The molecule has 19 heavy (non-hydrogen) atoms. The molecular formula is C16H18O3. The Hall–Kier alpha value is -2.00. The van der Waals surface area contributed by atoms with E-state index >= 15 is 0 Å². The van der Waals surface area contributed by atoms with E-state index in [1.165, 1.54) is 6.07 Å². The molecule has 2 N–H and O–H groups in total. The maximum atomic E-state index is 10.1. The average Bonchev–Trinajstić information content (AvgIpc) is 2.43. The van der Waals surface area contributed by atoms with Gasteiger partial charge in [0.05, 0.1) is 6.61 Å². The Morgan fingerprint density at radius 2 is 1.84 bits per heavy atom. The van der Waals surface area contributed by atoms with Gasteiger partial charge in [0, 0.05) is 0 Å². The molecule has 0 amide bonds. The first-order chi connectivity index (χ1) is 9.24. The molecule has 0 saturated heterocycles. The second-order valence-corrected chi connectivity index (χ2v) is 4.43. The number of phenolic OH excluding ortho intramolecular Hbond substituents is 1. The van der Waals surface area contributed by atoms with Gasteiger partial charge in [-0.1, -0.05) is 31.5 Å². The normalized spacial score (nSPS) is 10.4. The molecule has 0 spiro atoms. The second-order valence-electron chi connectivity index (χ2n) is 4.43. The Labute approximate surface area is 113 Å². The summed E-state index contributed by atoms with van der Waals surface area (Å²) in [6.45, 7) is 1.98. The molecule has 2 aromatic carbocycles. The number of benzene rings is 2. The maximum Gasteiger partial charge on any atom is 0.172 e. The standard InChI is InChI=1S/C16H18O3/c1-2-6-13-9-12(11-17)10-15(18)16(13)19-14-7-4-3-5-8-14/h3-5,7-10,17-18H,2,6,11H2,1H3. The van der Waals surface area contributed by atoms with Crippen molar-refractivity contribution in [3.63, 3.8) is 0 Å². The third kappa shape index (κ3) is 3.26. The van der Waals surface area contributed by atoms with Crippen molar-refractivity contribution in [3.8, 4) is 17.2 Å². The fourth-order valence-corrected chi connectivity index (χ4v) is 2.01. The molecule has 2 aromatic rings. The van der Waals surface area contributed by atoms with Crippen LogP contribution in [0.5, 0.6) is 17.2 Å². The van der Waals surface area contributed by atoms with E-state index in [2.05, 4.69) is 6.92 Å². The lowest BCUT2D eigenvalue weighted by molar-refractivity contribution is 0.280. The van der Waals surface area contributed by atoms with Gasteiger partial charge in [0.15, 0.2) is 11.5 Å². The summed E-state index contributed by atoms with van der Waals surface area (Å²) in [6.07, 6.45) is 1.74. The number of aromatic hydroxyl groups is 1. The minimum atomic E-state index is -0.0874. The third-order valence-electron chi connectivity index (χ3n) is 2.87. The third-order valence-corrected chi connectivity index (χ3v) is 2.87. The van der Waals surface area contributed by atoms with Gasteiger partial charge >= 0.3 is 0 Å². The topological polar surface area (TPSA) is 49.7 Å². The molecule has 3 heteroatoms. The lowest BCUT2D eigenvalue weighted by Crippen LogP contribution is -1.95. The molecule has 0 aliphatic carbocycles. The van der Waals surface area contributed by atoms with Gasteiger partial charge in [-0.3, -0.25) is 0 Å². The zero-order chi connectivity index (χ0) is 13.7. The highest BCUT2D eigenvalue weighted by atomic mass is 16.5. The van der Waals surface area contributed by atoms with Gasteiger partial charge in [-0.25, -0.2) is 0 Å². The number of phenols is 1. The van der Waals surface area contributed by atoms with Crippen molar-refractivity contribution in [1.82, 2.24) is 0 Å². The van der Waals surface area contributed by atoms with Crippen LogP contribution in [0.4, 0.5) is 0 Å². The van der Waals surface area contributed by atoms with Gasteiger partial charge in [-0.05, 0) is 41.8 Å². The highest BCUT2D eigenvalue weighted by Crippen LogP contribution is 2.36. The fourth-order valence-electron chi connectivity index (χ4n) is 2.01. The summed E-state index contributed by atoms with van der Waals surface area (Å²) in [4.78, 5) is 0. The molecule has 0 unspecified atom stereocenters. The molecule has 0 aliphatic rings. The summed E-state index contributed by atoms with van der Waals surface area (Å²) in [5.41, 5.74) is 1.61. The van der Waals surface area contributed by atoms with Crippen LogP contribution in [0.2, 0.25) is 0 Å². The van der Waals surface area contributed by atoms with Crippen LogP contribution in [0.3, 0.4) is 0 Å². The van der Waals surface area contributed by atoms with Gasteiger partial charge in [0.2, 0.25) is 0 Å². The van der Waals surface area contributed by atoms with Gasteiger partial charge < -0.3 is 14.9 Å². The first kappa shape index (κ1) is 13.4. The largest absolute Gasteiger partial charge is 0.504 e. The SMILES string of the molecule is CCCc1cc(CO)cc(O)c1Oc1ccccc1. The fraction of sp³-hybridized carbons (Fsp3) is 0.250. The van der Waals surface area contributed by atoms with Crippen LogP contribution >= 0.6 is 0 Å². The predicted molar refractivity (Wildman–Crippen MR) is 74.5 cm³/mol. The molecule has 0 radical (unpaired) electrons. The molecule has 0 saturated carbocycles. The highest BCUT2D eigenvalue weighted by molar-refractivity contribution is 5.50. The predicted octanol–water partition coefficient (Wildman–Crippen LogP) is 3.63. The van der Waals surface area contributed by atoms with Crippen molar-refractivity contribution < 1.29 is 14.9 Å². The minimum Gasteiger partial charge on any atom is -0.504 e. The zero-order valence-corrected chi connectivity index (χ0v) is 11.0. The number of hydrogen-bond donors (Lipinski definition) is 2. The molecule has 0 heterocycles. The van der Waals surface area contributed by atoms with E-state index in [1.807, 2.05) is 36.4 Å². The van der Waals surface area contributed by atoms with Gasteiger partial charge in [-0.2, -0.15) is 0 Å². The van der Waals surface area contributed by atoms with Gasteiger partial charge in [-0.15, -0.1) is 0 Å². The van der Waals surface area contributed by atoms with Crippen molar-refractivity contribution in [3.05, 3.63) is 53.6 Å². The van der Waals surface area contributed by atoms with Crippen LogP contribution in [0.1, 0.15) is 24.5 Å². The maximum absolute atomic E-state index is 10.1. The smallest absolute Gasteiger partial charge is 0.172 e. The first-order valence-electron chi connectivity index (χ1n) is 6.43. The van der Waals surface area contributed by atoms with E-state index in [-0.39, 0.29) is 12.4 Å². The van der Waals surface area contributed by atoms with Crippen LogP contribution in [0.15, 0.2) is 42.5 Å². The minimum absolute atomic E-state index is 0.0684. The van der Waals surface area contributed by atoms with E-state index in [0.717, 1.165) is 18.4 Å². The number of aliphatic hydroxyl groups is 1. The number of hydrogen-bond acceptors (Lipinski definition) is 3. The van der Waals surface area contributed by atoms with E-state index in [9.17, 15) is 10.2 Å². The van der Waals surface area contributed by atoms with E-state index in [0.29, 0.717) is 17.1 Å². The van der Waals surface area contributed by atoms with E-state index in [1.54, 1.807) is 0 Å². The Morgan fingerprint density at radius 3 is 2.47 bits per heavy atom. The van der Waals surface area contributed by atoms with Crippen LogP contribution in [-0.4, -0.2) is 10.2 Å². The lowest BCUT2D eigenvalue weighted by Gasteiger charge is -2.14. The van der Waals surface area contributed by atoms with Crippen molar-refractivity contribution in [2.45, 2.75) is 26.4 Å². The number of aliphatic hydroxyl groups excluding tert-OH is 1. The monoisotopic (exact) mass is 258 g/mol. The van der Waals surface area contributed by atoms with Crippen molar-refractivity contribution in [2.75, 3.05) is 0 Å². The summed E-state index contributed by atoms with van der Waals surface area (Å²) >= 11 is 0. The number of aryl methyl sites for hydroxylation is 1. The highest BCUT2D eigenvalue weighted by Gasteiger charge is 2.12. The van der Waals surface area contributed by atoms with Gasteiger partial charge in [0.1, 0.15) is 5.75 Å². The first-order valence-corrected chi connectivity index (χ1v) is 6.43. The molecular weight excluding hydrogens is 240 g/mol. The van der Waals surface area contributed by atoms with Crippen LogP contribution < -0.4 is 4.74 Å². The number of para-hydroxylation sites is 1. The Kier molecular flexibility index (Phi) is 4.42. The van der Waals surface area contributed by atoms with Crippen LogP contribution in [0, 0.1) is 0 Å². The summed E-state index contributed by atoms with van der Waals surface area (Å²) < 4.78 is 5.76. The molecule has 2 rings (SSSR count). The molecule has 3 nitrogen and oxygen atoms in total. The summed E-state index contributed by atoms with van der Waals surface area (Å²) in [7, 11) is 0. The molecule has 100 valence electrons. The van der Waals surface area contributed by atoms with Crippen LogP contribution in [0.25, 0.3) is 0 Å². The Bertz CT molecular complexity index is 535.